The molecule has 1 aromatic heterocycles. The molecule has 0 spiro atoms. The standard InChI is InChI=1S/C20H21Cl2NO3S/c1-3-11-5-7-13-16(9-11)27-19(17(13)20(25)26-4-2)23-18(24)14-10-12(21)6-8-15(14)22/h6,8,10-11H,3-5,7,9H2,1-2H3,(H,23,24). The molecule has 144 valence electrons. The topological polar surface area (TPSA) is 55.4 Å². The maximum Gasteiger partial charge on any atom is 0.341 e. The van der Waals surface area contributed by atoms with Crippen molar-refractivity contribution in [3.63, 3.8) is 0 Å². The lowest BCUT2D eigenvalue weighted by Gasteiger charge is -2.20. The highest BCUT2D eigenvalue weighted by Crippen LogP contribution is 2.41. The Hall–Kier alpha value is -1.56. The number of benzene rings is 1. The normalized spacial score (nSPS) is 15.9. The Morgan fingerprint density at radius 3 is 2.78 bits per heavy atom. The van der Waals surface area contributed by atoms with Crippen molar-refractivity contribution in [2.75, 3.05) is 11.9 Å². The minimum absolute atomic E-state index is 0.275. The third kappa shape index (κ3) is 4.31. The predicted octanol–water partition coefficient (Wildman–Crippen LogP) is 6.00. The highest BCUT2D eigenvalue weighted by Gasteiger charge is 2.30. The molecule has 0 radical (unpaired) electrons. The van der Waals surface area contributed by atoms with Crippen LogP contribution in [0, 0.1) is 5.92 Å². The molecule has 27 heavy (non-hydrogen) atoms. The second-order valence-electron chi connectivity index (χ2n) is 6.52. The Balaban J connectivity index is 1.96. The van der Waals surface area contributed by atoms with Crippen molar-refractivity contribution in [3.05, 3.63) is 49.8 Å². The van der Waals surface area contributed by atoms with Gasteiger partial charge in [0.1, 0.15) is 5.00 Å². The molecule has 0 saturated carbocycles. The van der Waals surface area contributed by atoms with E-state index in [1.165, 1.54) is 17.4 Å². The van der Waals surface area contributed by atoms with Crippen molar-refractivity contribution in [2.45, 2.75) is 39.5 Å². The maximum atomic E-state index is 12.8. The number of amides is 1. The lowest BCUT2D eigenvalue weighted by molar-refractivity contribution is 0.0526. The molecular weight excluding hydrogens is 405 g/mol. The molecule has 1 amide bonds. The Morgan fingerprint density at radius 2 is 2.07 bits per heavy atom. The number of rotatable bonds is 5. The highest BCUT2D eigenvalue weighted by atomic mass is 35.5. The third-order valence-corrected chi connectivity index (χ3v) is 6.56. The summed E-state index contributed by atoms with van der Waals surface area (Å²) in [5.74, 6) is -0.173. The van der Waals surface area contributed by atoms with Gasteiger partial charge in [0.2, 0.25) is 0 Å². The molecule has 1 unspecified atom stereocenters. The fraction of sp³-hybridized carbons (Fsp3) is 0.400. The zero-order valence-electron chi connectivity index (χ0n) is 15.2. The Kier molecular flexibility index (Phi) is 6.45. The molecule has 1 aliphatic rings. The summed E-state index contributed by atoms with van der Waals surface area (Å²) in [4.78, 5) is 26.5. The van der Waals surface area contributed by atoms with Crippen molar-refractivity contribution in [1.82, 2.24) is 0 Å². The van der Waals surface area contributed by atoms with E-state index in [2.05, 4.69) is 12.2 Å². The number of ether oxygens (including phenoxy) is 1. The van der Waals surface area contributed by atoms with Gasteiger partial charge in [-0.3, -0.25) is 4.79 Å². The largest absolute Gasteiger partial charge is 0.462 e. The van der Waals surface area contributed by atoms with Crippen molar-refractivity contribution in [3.8, 4) is 0 Å². The van der Waals surface area contributed by atoms with Crippen LogP contribution in [0.5, 0.6) is 0 Å². The van der Waals surface area contributed by atoms with Crippen LogP contribution in [0.4, 0.5) is 5.00 Å². The second kappa shape index (κ2) is 8.63. The molecule has 2 aromatic rings. The average molecular weight is 426 g/mol. The quantitative estimate of drug-likeness (QED) is 0.597. The number of esters is 1. The number of thiophene rings is 1. The molecule has 0 aliphatic heterocycles. The van der Waals surface area contributed by atoms with Gasteiger partial charge in [0.25, 0.3) is 5.91 Å². The van der Waals surface area contributed by atoms with E-state index in [1.54, 1.807) is 19.1 Å². The molecule has 3 rings (SSSR count). The molecule has 1 aromatic carbocycles. The lowest BCUT2D eigenvalue weighted by atomic mass is 9.85. The van der Waals surface area contributed by atoms with Crippen molar-refractivity contribution < 1.29 is 14.3 Å². The van der Waals surface area contributed by atoms with Gasteiger partial charge >= 0.3 is 5.97 Å². The van der Waals surface area contributed by atoms with E-state index in [0.29, 0.717) is 26.5 Å². The van der Waals surface area contributed by atoms with Gasteiger partial charge in [-0.15, -0.1) is 11.3 Å². The highest BCUT2D eigenvalue weighted by molar-refractivity contribution is 7.17. The first-order valence-corrected chi connectivity index (χ1v) is 10.6. The molecule has 0 saturated heterocycles. The van der Waals surface area contributed by atoms with Gasteiger partial charge in [-0.25, -0.2) is 4.79 Å². The van der Waals surface area contributed by atoms with Gasteiger partial charge in [0.05, 0.1) is 22.8 Å². The molecule has 1 heterocycles. The van der Waals surface area contributed by atoms with E-state index in [4.69, 9.17) is 27.9 Å². The number of nitrogens with one attached hydrogen (secondary N) is 1. The van der Waals surface area contributed by atoms with Gasteiger partial charge in [0, 0.05) is 9.90 Å². The van der Waals surface area contributed by atoms with Gasteiger partial charge in [-0.1, -0.05) is 36.5 Å². The summed E-state index contributed by atoms with van der Waals surface area (Å²) in [6, 6.07) is 4.72. The predicted molar refractivity (Wildman–Crippen MR) is 110 cm³/mol. The number of hydrogen-bond donors (Lipinski definition) is 1. The first-order chi connectivity index (χ1) is 12.9. The van der Waals surface area contributed by atoms with E-state index in [1.807, 2.05) is 0 Å². The zero-order valence-corrected chi connectivity index (χ0v) is 17.6. The van der Waals surface area contributed by atoms with E-state index in [9.17, 15) is 9.59 Å². The Labute approximate surface area is 172 Å². The monoisotopic (exact) mass is 425 g/mol. The zero-order chi connectivity index (χ0) is 19.6. The number of hydrogen-bond acceptors (Lipinski definition) is 4. The summed E-state index contributed by atoms with van der Waals surface area (Å²) in [6.07, 6.45) is 3.90. The van der Waals surface area contributed by atoms with Gasteiger partial charge in [0.15, 0.2) is 0 Å². The van der Waals surface area contributed by atoms with E-state index < -0.39 is 11.9 Å². The summed E-state index contributed by atoms with van der Waals surface area (Å²) < 4.78 is 5.25. The maximum absolute atomic E-state index is 12.8. The SMILES string of the molecule is CCOC(=O)c1c(NC(=O)c2cc(Cl)ccc2Cl)sc2c1CCC(CC)C2. The molecule has 7 heteroatoms. The summed E-state index contributed by atoms with van der Waals surface area (Å²) in [6.45, 7) is 4.24. The number of fused-ring (bicyclic) bond motifs is 1. The van der Waals surface area contributed by atoms with Crippen LogP contribution in [0.1, 0.15) is 57.8 Å². The number of anilines is 1. The number of halogens is 2. The van der Waals surface area contributed by atoms with Gasteiger partial charge < -0.3 is 10.1 Å². The Bertz CT molecular complexity index is 878. The Morgan fingerprint density at radius 1 is 1.30 bits per heavy atom. The summed E-state index contributed by atoms with van der Waals surface area (Å²) in [7, 11) is 0. The molecule has 1 N–H and O–H groups in total. The fourth-order valence-electron chi connectivity index (χ4n) is 3.35. The van der Waals surface area contributed by atoms with E-state index in [-0.39, 0.29) is 12.2 Å². The molecule has 4 nitrogen and oxygen atoms in total. The first-order valence-electron chi connectivity index (χ1n) is 9.02. The first kappa shape index (κ1) is 20.2. The van der Waals surface area contributed by atoms with Crippen LogP contribution in [0.2, 0.25) is 10.0 Å². The number of carbonyl (C=O) groups excluding carboxylic acids is 2. The van der Waals surface area contributed by atoms with Gasteiger partial charge in [-0.05, 0) is 55.9 Å². The third-order valence-electron chi connectivity index (χ3n) is 4.82. The van der Waals surface area contributed by atoms with Crippen LogP contribution < -0.4 is 5.32 Å². The van der Waals surface area contributed by atoms with Crippen LogP contribution in [0.25, 0.3) is 0 Å². The van der Waals surface area contributed by atoms with Crippen molar-refractivity contribution in [1.29, 1.82) is 0 Å². The van der Waals surface area contributed by atoms with Crippen molar-refractivity contribution in [2.24, 2.45) is 5.92 Å². The molecule has 1 aliphatic carbocycles. The van der Waals surface area contributed by atoms with Crippen LogP contribution in [-0.4, -0.2) is 18.5 Å². The van der Waals surface area contributed by atoms with E-state index in [0.717, 1.165) is 36.1 Å². The van der Waals surface area contributed by atoms with Crippen molar-refractivity contribution >= 4 is 51.4 Å². The summed E-state index contributed by atoms with van der Waals surface area (Å²) >= 11 is 13.6. The minimum atomic E-state index is -0.391. The van der Waals surface area contributed by atoms with Crippen LogP contribution in [-0.2, 0) is 17.6 Å². The average Bonchev–Trinajstić information content (AvgIpc) is 3.00. The van der Waals surface area contributed by atoms with E-state index >= 15 is 0 Å². The number of carbonyl (C=O) groups is 2. The smallest absolute Gasteiger partial charge is 0.341 e. The van der Waals surface area contributed by atoms with Crippen LogP contribution in [0.15, 0.2) is 18.2 Å². The summed E-state index contributed by atoms with van der Waals surface area (Å²) in [5.41, 5.74) is 1.77. The van der Waals surface area contributed by atoms with Crippen LogP contribution >= 0.6 is 34.5 Å². The molecule has 0 fully saturated rings. The molecule has 0 bridgehead atoms. The molecular formula is C20H21Cl2NO3S. The lowest BCUT2D eigenvalue weighted by Crippen LogP contribution is -2.17. The van der Waals surface area contributed by atoms with Crippen LogP contribution in [0.3, 0.4) is 0 Å². The molecule has 1 atom stereocenters. The second-order valence-corrected chi connectivity index (χ2v) is 8.47. The van der Waals surface area contributed by atoms with Gasteiger partial charge in [-0.2, -0.15) is 0 Å². The summed E-state index contributed by atoms with van der Waals surface area (Å²) in [5, 5.41) is 4.11. The fourth-order valence-corrected chi connectivity index (χ4v) is 5.07. The minimum Gasteiger partial charge on any atom is -0.462 e.